The van der Waals surface area contributed by atoms with Crippen LogP contribution in [0.15, 0.2) is 41.5 Å². The smallest absolute Gasteiger partial charge is 0.409 e. The Morgan fingerprint density at radius 1 is 1.27 bits per heavy atom. The molecule has 0 radical (unpaired) electrons. The number of likely N-dealkylation sites (tertiary alicyclic amines) is 1. The van der Waals surface area contributed by atoms with E-state index in [0.29, 0.717) is 44.7 Å². The van der Waals surface area contributed by atoms with Crippen LogP contribution in [0.3, 0.4) is 0 Å². The molecule has 3 aliphatic heterocycles. The summed E-state index contributed by atoms with van der Waals surface area (Å²) in [5.74, 6) is 1.64. The quantitative estimate of drug-likeness (QED) is 0.753. The Bertz CT molecular complexity index is 1110. The number of benzene rings is 2. The van der Waals surface area contributed by atoms with Gasteiger partial charge in [-0.1, -0.05) is 23.8 Å². The molecule has 174 valence electrons. The van der Waals surface area contributed by atoms with Gasteiger partial charge in [-0.25, -0.2) is 9.80 Å². The minimum atomic E-state index is -0.712. The third-order valence-corrected chi connectivity index (χ3v) is 6.74. The van der Waals surface area contributed by atoms with Crippen LogP contribution in [-0.4, -0.2) is 59.4 Å². The number of nitrogens with zero attached hydrogens (tertiary/aromatic N) is 3. The van der Waals surface area contributed by atoms with Crippen molar-refractivity contribution < 1.29 is 24.1 Å². The number of aromatic hydroxyl groups is 1. The van der Waals surface area contributed by atoms with E-state index in [0.717, 1.165) is 28.2 Å². The number of amides is 1. The van der Waals surface area contributed by atoms with Crippen LogP contribution in [0.25, 0.3) is 0 Å². The normalized spacial score (nSPS) is 20.6. The average Bonchev–Trinajstić information content (AvgIpc) is 3.28. The molecule has 3 aliphatic rings. The topological polar surface area (TPSA) is 83.8 Å². The number of rotatable bonds is 3. The van der Waals surface area contributed by atoms with Crippen molar-refractivity contribution in [1.29, 1.82) is 0 Å². The standard InChI is InChI=1S/C25H29N3O5/c1-4-32-24(30)27-12-10-25(11-13-27)28-20(17-6-5-7-22(31-3)23(17)33-25)15-19(26-28)18-14-16(2)8-9-21(18)29/h5-9,14,20,29H,4,10-13,15H2,1-3H3/t20-/m0/s1. The summed E-state index contributed by atoms with van der Waals surface area (Å²) in [5, 5.41) is 17.6. The van der Waals surface area contributed by atoms with Gasteiger partial charge < -0.3 is 24.2 Å². The van der Waals surface area contributed by atoms with Gasteiger partial charge in [-0.3, -0.25) is 0 Å². The fraction of sp³-hybridized carbons (Fsp3) is 0.440. The number of carbonyl (C=O) groups is 1. The Kier molecular flexibility index (Phi) is 5.31. The molecule has 1 N–H and O–H groups in total. The summed E-state index contributed by atoms with van der Waals surface area (Å²) in [6.45, 7) is 5.17. The van der Waals surface area contributed by atoms with E-state index in [1.54, 1.807) is 18.1 Å². The predicted molar refractivity (Wildman–Crippen MR) is 123 cm³/mol. The van der Waals surface area contributed by atoms with Gasteiger partial charge in [0.25, 0.3) is 0 Å². The molecule has 0 aromatic heterocycles. The SMILES string of the molecule is CCOC(=O)N1CCC2(CC1)Oc1c(OC)cccc1[C@@H]1CC(c3cc(C)ccc3O)=NN12. The lowest BCUT2D eigenvalue weighted by atomic mass is 9.90. The van der Waals surface area contributed by atoms with E-state index in [2.05, 4.69) is 0 Å². The number of aryl methyl sites for hydroxylation is 1. The summed E-state index contributed by atoms with van der Waals surface area (Å²) in [5.41, 5.74) is 2.93. The lowest BCUT2D eigenvalue weighted by Gasteiger charge is -2.51. The van der Waals surface area contributed by atoms with Crippen molar-refractivity contribution in [2.75, 3.05) is 26.8 Å². The van der Waals surface area contributed by atoms with E-state index in [9.17, 15) is 9.90 Å². The van der Waals surface area contributed by atoms with Crippen molar-refractivity contribution in [3.05, 3.63) is 53.1 Å². The molecule has 0 aliphatic carbocycles. The van der Waals surface area contributed by atoms with Gasteiger partial charge >= 0.3 is 6.09 Å². The highest BCUT2D eigenvalue weighted by atomic mass is 16.6. The highest BCUT2D eigenvalue weighted by molar-refractivity contribution is 6.04. The van der Waals surface area contributed by atoms with Crippen molar-refractivity contribution in [2.24, 2.45) is 5.10 Å². The summed E-state index contributed by atoms with van der Waals surface area (Å²) in [6, 6.07) is 11.4. The molecule has 1 spiro atoms. The van der Waals surface area contributed by atoms with Crippen molar-refractivity contribution in [1.82, 2.24) is 9.91 Å². The lowest BCUT2D eigenvalue weighted by molar-refractivity contribution is -0.148. The van der Waals surface area contributed by atoms with E-state index >= 15 is 0 Å². The van der Waals surface area contributed by atoms with Crippen LogP contribution < -0.4 is 9.47 Å². The maximum absolute atomic E-state index is 12.3. The number of phenolic OH excluding ortho intramolecular Hbond substituents is 1. The van der Waals surface area contributed by atoms with Gasteiger partial charge in [-0.15, -0.1) is 0 Å². The fourth-order valence-corrected chi connectivity index (χ4v) is 5.06. The molecule has 1 saturated heterocycles. The van der Waals surface area contributed by atoms with E-state index < -0.39 is 5.72 Å². The van der Waals surface area contributed by atoms with Crippen molar-refractivity contribution in [3.63, 3.8) is 0 Å². The minimum Gasteiger partial charge on any atom is -0.507 e. The number of carbonyl (C=O) groups excluding carboxylic acids is 1. The van der Waals surface area contributed by atoms with Crippen LogP contribution >= 0.6 is 0 Å². The van der Waals surface area contributed by atoms with Crippen molar-refractivity contribution >= 4 is 11.8 Å². The second kappa shape index (κ2) is 8.17. The first-order chi connectivity index (χ1) is 16.0. The number of methoxy groups -OCH3 is 1. The molecule has 1 fully saturated rings. The summed E-state index contributed by atoms with van der Waals surface area (Å²) in [4.78, 5) is 14.0. The monoisotopic (exact) mass is 451 g/mol. The maximum atomic E-state index is 12.3. The number of hydrogen-bond acceptors (Lipinski definition) is 7. The van der Waals surface area contributed by atoms with Crippen molar-refractivity contribution in [3.8, 4) is 17.2 Å². The number of para-hydroxylation sites is 1. The van der Waals surface area contributed by atoms with Crippen LogP contribution in [0.1, 0.15) is 48.9 Å². The molecular formula is C25H29N3O5. The fourth-order valence-electron chi connectivity index (χ4n) is 5.06. The van der Waals surface area contributed by atoms with Gasteiger partial charge in [0.15, 0.2) is 11.5 Å². The molecule has 3 heterocycles. The molecule has 8 heteroatoms. The highest BCUT2D eigenvalue weighted by Crippen LogP contribution is 2.53. The van der Waals surface area contributed by atoms with E-state index in [1.165, 1.54) is 0 Å². The third-order valence-electron chi connectivity index (χ3n) is 6.74. The summed E-state index contributed by atoms with van der Waals surface area (Å²) in [6.07, 6.45) is 1.50. The molecule has 8 nitrogen and oxygen atoms in total. The summed E-state index contributed by atoms with van der Waals surface area (Å²) >= 11 is 0. The second-order valence-corrected chi connectivity index (χ2v) is 8.74. The van der Waals surface area contributed by atoms with Gasteiger partial charge in [0.1, 0.15) is 5.75 Å². The largest absolute Gasteiger partial charge is 0.507 e. The first-order valence-electron chi connectivity index (χ1n) is 11.4. The van der Waals surface area contributed by atoms with Gasteiger partial charge in [0.05, 0.1) is 25.5 Å². The molecular weight excluding hydrogens is 422 g/mol. The molecule has 0 saturated carbocycles. The van der Waals surface area contributed by atoms with Gasteiger partial charge in [-0.05, 0) is 32.0 Å². The number of piperidine rings is 1. The Morgan fingerprint density at radius 2 is 2.06 bits per heavy atom. The summed E-state index contributed by atoms with van der Waals surface area (Å²) in [7, 11) is 1.64. The zero-order chi connectivity index (χ0) is 23.2. The van der Waals surface area contributed by atoms with E-state index in [4.69, 9.17) is 19.3 Å². The van der Waals surface area contributed by atoms with Crippen LogP contribution in [0.5, 0.6) is 17.2 Å². The molecule has 33 heavy (non-hydrogen) atoms. The average molecular weight is 452 g/mol. The van der Waals surface area contributed by atoms with E-state index in [1.807, 2.05) is 49.2 Å². The molecule has 2 aromatic carbocycles. The third kappa shape index (κ3) is 3.53. The highest BCUT2D eigenvalue weighted by Gasteiger charge is 2.53. The van der Waals surface area contributed by atoms with Crippen molar-refractivity contribution in [2.45, 2.75) is 44.9 Å². The Labute approximate surface area is 193 Å². The van der Waals surface area contributed by atoms with Crippen LogP contribution in [-0.2, 0) is 4.74 Å². The maximum Gasteiger partial charge on any atom is 0.409 e. The molecule has 0 bridgehead atoms. The van der Waals surface area contributed by atoms with Gasteiger partial charge in [0, 0.05) is 43.5 Å². The number of hydrogen-bond donors (Lipinski definition) is 1. The molecule has 1 amide bonds. The number of phenols is 1. The van der Waals surface area contributed by atoms with E-state index in [-0.39, 0.29) is 17.9 Å². The zero-order valence-corrected chi connectivity index (χ0v) is 19.2. The van der Waals surface area contributed by atoms with Crippen LogP contribution in [0.4, 0.5) is 4.79 Å². The summed E-state index contributed by atoms with van der Waals surface area (Å²) < 4.78 is 17.5. The Hall–Kier alpha value is -3.42. The van der Waals surface area contributed by atoms with Gasteiger partial charge in [0.2, 0.25) is 5.72 Å². The molecule has 2 aromatic rings. The molecule has 0 unspecified atom stereocenters. The van der Waals surface area contributed by atoms with Crippen LogP contribution in [0, 0.1) is 6.92 Å². The van der Waals surface area contributed by atoms with Gasteiger partial charge in [-0.2, -0.15) is 5.10 Å². The number of ether oxygens (including phenoxy) is 3. The Balaban J connectivity index is 1.54. The Morgan fingerprint density at radius 3 is 2.79 bits per heavy atom. The number of fused-ring (bicyclic) bond motifs is 4. The molecule has 1 atom stereocenters. The first kappa shape index (κ1) is 21.4. The van der Waals surface area contributed by atoms with Crippen LogP contribution in [0.2, 0.25) is 0 Å². The predicted octanol–water partition coefficient (Wildman–Crippen LogP) is 4.20. The molecule has 5 rings (SSSR count). The zero-order valence-electron chi connectivity index (χ0n) is 19.2. The minimum absolute atomic E-state index is 0.0482. The first-order valence-corrected chi connectivity index (χ1v) is 11.4. The lowest BCUT2D eigenvalue weighted by Crippen LogP contribution is -2.59. The number of hydrazone groups is 1. The second-order valence-electron chi connectivity index (χ2n) is 8.74.